The topological polar surface area (TPSA) is 77.8 Å². The highest BCUT2D eigenvalue weighted by molar-refractivity contribution is 7.27. The molecule has 448 valence electrons. The standard InChI is InChI=1S/C46H26N2S3.C40H22N2O2S/c1-3-13-40-34(7-1)36-11-5-9-32(44(36)49-40)28-17-15-27(16-18-28)31-23-24-42-38(25-31)43-46(51-42)48-39(26-47-43)30-21-19-29(20-22-30)33-10-6-12-37-35-8-2-4-14-41(35)50-45(33)37;1-3-16-34-28(10-1)30-14-6-12-26(38(30)43-34)23-8-5-9-25(20-23)33-22-41-37-32-21-24(18-19-36(32)45-40(37)42-33)27-13-7-15-31-29-11-2-4-17-35(29)44-39(27)31/h1-26H;1-22H. The summed E-state index contributed by atoms with van der Waals surface area (Å²) in [5.41, 5.74) is 21.0. The number of furan rings is 2. The van der Waals surface area contributed by atoms with Crippen molar-refractivity contribution in [2.45, 2.75) is 0 Å². The normalized spacial score (nSPS) is 12.0. The summed E-state index contributed by atoms with van der Waals surface area (Å²) in [6.45, 7) is 0. The van der Waals surface area contributed by atoms with Crippen molar-refractivity contribution in [3.05, 3.63) is 291 Å². The van der Waals surface area contributed by atoms with Gasteiger partial charge in [0, 0.05) is 104 Å². The lowest BCUT2D eigenvalue weighted by molar-refractivity contribution is 0.669. The van der Waals surface area contributed by atoms with Gasteiger partial charge in [0.15, 0.2) is 0 Å². The van der Waals surface area contributed by atoms with Crippen LogP contribution in [-0.2, 0) is 0 Å². The van der Waals surface area contributed by atoms with Crippen molar-refractivity contribution in [2.75, 3.05) is 0 Å². The van der Waals surface area contributed by atoms with Gasteiger partial charge in [-0.1, -0.05) is 224 Å². The molecule has 0 radical (unpaired) electrons. The van der Waals surface area contributed by atoms with Gasteiger partial charge in [0.1, 0.15) is 43.0 Å². The molecule has 0 fully saturated rings. The van der Waals surface area contributed by atoms with Gasteiger partial charge in [0.25, 0.3) is 0 Å². The molecule has 0 saturated carbocycles. The quantitative estimate of drug-likeness (QED) is 0.158. The first-order chi connectivity index (χ1) is 47.5. The summed E-state index contributed by atoms with van der Waals surface area (Å²) in [6.07, 6.45) is 3.81. The lowest BCUT2D eigenvalue weighted by Gasteiger charge is -2.07. The second-order valence-electron chi connectivity index (χ2n) is 24.3. The Balaban J connectivity index is 0.000000132. The van der Waals surface area contributed by atoms with Gasteiger partial charge in [-0.2, -0.15) is 0 Å². The minimum atomic E-state index is 0.847. The highest BCUT2D eigenvalue weighted by atomic mass is 32.1. The largest absolute Gasteiger partial charge is 0.455 e. The molecule has 10 heteroatoms. The highest BCUT2D eigenvalue weighted by Gasteiger charge is 2.20. The fourth-order valence-corrected chi connectivity index (χ4v) is 18.6. The van der Waals surface area contributed by atoms with E-state index in [2.05, 4.69) is 255 Å². The maximum Gasteiger partial charge on any atom is 0.143 e. The SMILES string of the molecule is c1cc(-c2cnc3c(n2)sc2ccc(-c4cccc5c4oc4ccccc45)cc23)cc(-c2cccc3c2oc2ccccc23)c1.c1ccc2c(c1)sc1c(-c3ccc(-c4ccc5sc6nc(-c7ccc(-c8cccc9c8sc8ccccc89)cc7)cnc6c5c4)cc3)cccc12. The molecule has 0 N–H and O–H groups in total. The van der Waals surface area contributed by atoms with E-state index in [1.165, 1.54) is 78.4 Å². The first-order valence-electron chi connectivity index (χ1n) is 31.9. The second kappa shape index (κ2) is 22.1. The number of nitrogens with zero attached hydrogens (tertiary/aromatic N) is 4. The molecular formula is C86H48N4O2S4. The molecule has 13 aromatic carbocycles. The Labute approximate surface area is 564 Å². The van der Waals surface area contributed by atoms with Gasteiger partial charge in [0.05, 0.1) is 23.8 Å². The predicted molar refractivity (Wildman–Crippen MR) is 408 cm³/mol. The lowest BCUT2D eigenvalue weighted by Crippen LogP contribution is -1.87. The molecule has 0 spiro atoms. The fourth-order valence-electron chi connectivity index (χ4n) is 14.1. The molecule has 0 aliphatic rings. The van der Waals surface area contributed by atoms with Crippen molar-refractivity contribution < 1.29 is 8.83 Å². The first kappa shape index (κ1) is 55.0. The van der Waals surface area contributed by atoms with Crippen molar-refractivity contribution in [1.82, 2.24) is 19.9 Å². The summed E-state index contributed by atoms with van der Waals surface area (Å²) in [5.74, 6) is 0. The van der Waals surface area contributed by atoms with Crippen LogP contribution in [0.25, 0.3) is 203 Å². The maximum atomic E-state index is 6.33. The number of hydrogen-bond donors (Lipinski definition) is 0. The van der Waals surface area contributed by atoms with Gasteiger partial charge in [-0.05, 0) is 99.1 Å². The van der Waals surface area contributed by atoms with Crippen LogP contribution in [0.1, 0.15) is 0 Å². The molecule has 0 atom stereocenters. The number of benzene rings is 13. The van der Waals surface area contributed by atoms with E-state index in [0.717, 1.165) is 125 Å². The van der Waals surface area contributed by atoms with Crippen LogP contribution in [0.2, 0.25) is 0 Å². The molecule has 0 saturated heterocycles. The van der Waals surface area contributed by atoms with Crippen molar-refractivity contribution >= 4 is 170 Å². The summed E-state index contributed by atoms with van der Waals surface area (Å²) in [4.78, 5) is 22.0. The van der Waals surface area contributed by atoms with E-state index in [0.29, 0.717) is 0 Å². The van der Waals surface area contributed by atoms with Crippen molar-refractivity contribution in [2.24, 2.45) is 0 Å². The Kier molecular flexibility index (Phi) is 12.6. The molecule has 0 bridgehead atoms. The summed E-state index contributed by atoms with van der Waals surface area (Å²) in [7, 11) is 0. The molecule has 21 rings (SSSR count). The molecule has 21 aromatic rings. The Morgan fingerprint density at radius 1 is 0.240 bits per heavy atom. The minimum absolute atomic E-state index is 0.847. The zero-order valence-corrected chi connectivity index (χ0v) is 54.2. The smallest absolute Gasteiger partial charge is 0.143 e. The van der Waals surface area contributed by atoms with Crippen molar-refractivity contribution in [3.8, 4) is 78.1 Å². The number of fused-ring (bicyclic) bond motifs is 18. The van der Waals surface area contributed by atoms with E-state index >= 15 is 0 Å². The third kappa shape index (κ3) is 9.02. The van der Waals surface area contributed by atoms with Crippen LogP contribution in [0, 0.1) is 0 Å². The van der Waals surface area contributed by atoms with Gasteiger partial charge >= 0.3 is 0 Å². The molecule has 8 aromatic heterocycles. The summed E-state index contributed by atoms with van der Waals surface area (Å²) in [5, 5.41) is 12.1. The molecule has 0 unspecified atom stereocenters. The van der Waals surface area contributed by atoms with Crippen molar-refractivity contribution in [1.29, 1.82) is 0 Å². The Bertz CT molecular complexity index is 6730. The zero-order chi connectivity index (χ0) is 63.0. The van der Waals surface area contributed by atoms with Gasteiger partial charge in [-0.25, -0.2) is 9.97 Å². The van der Waals surface area contributed by atoms with E-state index < -0.39 is 0 Å². The van der Waals surface area contributed by atoms with Crippen LogP contribution < -0.4 is 0 Å². The second-order valence-corrected chi connectivity index (χ2v) is 28.5. The monoisotopic (exact) mass is 1300 g/mol. The first-order valence-corrected chi connectivity index (χ1v) is 35.1. The molecule has 96 heavy (non-hydrogen) atoms. The Morgan fingerprint density at radius 3 is 1.18 bits per heavy atom. The average molecular weight is 1300 g/mol. The van der Waals surface area contributed by atoms with Crippen molar-refractivity contribution in [3.63, 3.8) is 0 Å². The van der Waals surface area contributed by atoms with Gasteiger partial charge in [0.2, 0.25) is 0 Å². The van der Waals surface area contributed by atoms with E-state index in [1.54, 1.807) is 22.7 Å². The Hall–Kier alpha value is -11.5. The predicted octanol–water partition coefficient (Wildman–Crippen LogP) is 25.9. The van der Waals surface area contributed by atoms with E-state index in [-0.39, 0.29) is 0 Å². The lowest BCUT2D eigenvalue weighted by atomic mass is 9.98. The third-order valence-electron chi connectivity index (χ3n) is 18.8. The van der Waals surface area contributed by atoms with Crippen LogP contribution in [0.15, 0.2) is 300 Å². The van der Waals surface area contributed by atoms with E-state index in [4.69, 9.17) is 28.8 Å². The molecule has 6 nitrogen and oxygen atoms in total. The number of para-hydroxylation sites is 4. The van der Waals surface area contributed by atoms with E-state index in [1.807, 2.05) is 59.3 Å². The molecule has 8 heterocycles. The van der Waals surface area contributed by atoms with Crippen LogP contribution in [0.5, 0.6) is 0 Å². The van der Waals surface area contributed by atoms with Crippen LogP contribution in [0.4, 0.5) is 0 Å². The number of rotatable bonds is 7. The van der Waals surface area contributed by atoms with Gasteiger partial charge in [-0.15, -0.1) is 45.3 Å². The fraction of sp³-hybridized carbons (Fsp3) is 0. The van der Waals surface area contributed by atoms with Crippen LogP contribution >= 0.6 is 45.3 Å². The summed E-state index contributed by atoms with van der Waals surface area (Å²) >= 11 is 7.13. The number of thiophene rings is 4. The van der Waals surface area contributed by atoms with Gasteiger partial charge in [-0.3, -0.25) is 9.97 Å². The molecule has 0 aliphatic heterocycles. The summed E-state index contributed by atoms with van der Waals surface area (Å²) < 4.78 is 20.3. The molecule has 0 amide bonds. The Morgan fingerprint density at radius 2 is 0.625 bits per heavy atom. The number of aromatic nitrogens is 4. The minimum Gasteiger partial charge on any atom is -0.455 e. The average Bonchev–Trinajstić information content (AvgIpc) is 1.65. The van der Waals surface area contributed by atoms with E-state index in [9.17, 15) is 0 Å². The van der Waals surface area contributed by atoms with Gasteiger partial charge < -0.3 is 8.83 Å². The summed E-state index contributed by atoms with van der Waals surface area (Å²) in [6, 6.07) is 99.3. The van der Waals surface area contributed by atoms with Crippen LogP contribution in [-0.4, -0.2) is 19.9 Å². The highest BCUT2D eigenvalue weighted by Crippen LogP contribution is 2.45. The maximum absolute atomic E-state index is 6.33. The zero-order valence-electron chi connectivity index (χ0n) is 51.0. The third-order valence-corrected chi connectivity index (χ3v) is 23.3. The molecular weight excluding hydrogens is 1250 g/mol. The van der Waals surface area contributed by atoms with Crippen LogP contribution in [0.3, 0.4) is 0 Å². The molecule has 0 aliphatic carbocycles. The number of hydrogen-bond acceptors (Lipinski definition) is 10.